The van der Waals surface area contributed by atoms with Crippen LogP contribution in [0.3, 0.4) is 0 Å². The van der Waals surface area contributed by atoms with Crippen molar-refractivity contribution in [2.75, 3.05) is 0 Å². The molecule has 2 aromatic rings. The monoisotopic (exact) mass is 304 g/mol. The third-order valence-corrected chi connectivity index (χ3v) is 3.48. The van der Waals surface area contributed by atoms with Gasteiger partial charge in [-0.3, -0.25) is 4.79 Å². The summed E-state index contributed by atoms with van der Waals surface area (Å²) in [5.74, 6) is -1.66. The molecule has 3 rings (SSSR count). The molecule has 2 atom stereocenters. The zero-order valence-electron chi connectivity index (χ0n) is 11.4. The molecular formula is C14H13FN4O3. The van der Waals surface area contributed by atoms with E-state index in [-0.39, 0.29) is 35.9 Å². The van der Waals surface area contributed by atoms with E-state index in [9.17, 15) is 14.0 Å². The van der Waals surface area contributed by atoms with Crippen molar-refractivity contribution in [2.24, 2.45) is 0 Å². The molecule has 1 aromatic heterocycles. The Labute approximate surface area is 124 Å². The van der Waals surface area contributed by atoms with Crippen LogP contribution >= 0.6 is 0 Å². The minimum atomic E-state index is -1.19. The largest absolute Gasteiger partial charge is 0.476 e. The molecule has 0 radical (unpaired) electrons. The number of halogens is 1. The maximum absolute atomic E-state index is 13.1. The predicted molar refractivity (Wildman–Crippen MR) is 72.7 cm³/mol. The summed E-state index contributed by atoms with van der Waals surface area (Å²) in [6.07, 6.45) is 1.95. The third kappa shape index (κ3) is 3.11. The lowest BCUT2D eigenvalue weighted by atomic mass is 10.1. The number of benzene rings is 1. The number of carbonyl (C=O) groups excluding carboxylic acids is 1. The Morgan fingerprint density at radius 3 is 2.95 bits per heavy atom. The molecule has 1 fully saturated rings. The lowest BCUT2D eigenvalue weighted by Gasteiger charge is -2.04. The van der Waals surface area contributed by atoms with E-state index in [1.54, 1.807) is 6.07 Å². The third-order valence-electron chi connectivity index (χ3n) is 3.48. The smallest absolute Gasteiger partial charge is 0.358 e. The highest BCUT2D eigenvalue weighted by Gasteiger charge is 2.39. The molecule has 0 bridgehead atoms. The first-order valence-corrected chi connectivity index (χ1v) is 6.71. The van der Waals surface area contributed by atoms with Gasteiger partial charge in [0, 0.05) is 12.0 Å². The standard InChI is InChI=1S/C14H13FN4O3/c15-9-3-1-2-8(4-9)10-5-11(10)16-13(20)7-19-6-12(14(21)22)17-18-19/h1-4,6,10-11H,5,7H2,(H,16,20)(H,21,22)/t10-,11+/m0/s1. The summed E-state index contributed by atoms with van der Waals surface area (Å²) >= 11 is 0. The summed E-state index contributed by atoms with van der Waals surface area (Å²) < 4.78 is 14.3. The number of amides is 1. The van der Waals surface area contributed by atoms with Crippen molar-refractivity contribution >= 4 is 11.9 Å². The van der Waals surface area contributed by atoms with Gasteiger partial charge in [-0.2, -0.15) is 0 Å². The SMILES string of the molecule is O=C(Cn1cc(C(=O)O)nn1)N[C@@H]1C[C@H]1c1cccc(F)c1. The highest BCUT2D eigenvalue weighted by molar-refractivity contribution is 5.84. The molecule has 2 N–H and O–H groups in total. The van der Waals surface area contributed by atoms with E-state index in [2.05, 4.69) is 15.6 Å². The number of aromatic nitrogens is 3. The molecule has 22 heavy (non-hydrogen) atoms. The summed E-state index contributed by atoms with van der Waals surface area (Å²) in [7, 11) is 0. The van der Waals surface area contributed by atoms with Gasteiger partial charge >= 0.3 is 5.97 Å². The molecule has 1 aliphatic rings. The van der Waals surface area contributed by atoms with Gasteiger partial charge in [-0.1, -0.05) is 17.3 Å². The molecule has 0 spiro atoms. The van der Waals surface area contributed by atoms with Crippen LogP contribution in [0.15, 0.2) is 30.5 Å². The van der Waals surface area contributed by atoms with Crippen LogP contribution in [-0.4, -0.2) is 38.0 Å². The maximum atomic E-state index is 13.1. The Bertz CT molecular complexity index is 730. The molecule has 0 aliphatic heterocycles. The fraction of sp³-hybridized carbons (Fsp3) is 0.286. The van der Waals surface area contributed by atoms with Gasteiger partial charge in [0.25, 0.3) is 0 Å². The predicted octanol–water partition coefficient (Wildman–Crippen LogP) is 0.788. The molecule has 1 aromatic carbocycles. The summed E-state index contributed by atoms with van der Waals surface area (Å²) in [5, 5.41) is 18.5. The van der Waals surface area contributed by atoms with Crippen LogP contribution in [0.25, 0.3) is 0 Å². The van der Waals surface area contributed by atoms with E-state index in [1.807, 2.05) is 6.07 Å². The highest BCUT2D eigenvalue weighted by Crippen LogP contribution is 2.40. The second kappa shape index (κ2) is 5.55. The van der Waals surface area contributed by atoms with E-state index in [0.29, 0.717) is 0 Å². The van der Waals surface area contributed by atoms with Crippen molar-refractivity contribution in [1.82, 2.24) is 20.3 Å². The van der Waals surface area contributed by atoms with Gasteiger partial charge in [0.05, 0.1) is 6.20 Å². The Morgan fingerprint density at radius 2 is 2.27 bits per heavy atom. The number of carboxylic acids is 1. The summed E-state index contributed by atoms with van der Waals surface area (Å²) in [4.78, 5) is 22.5. The van der Waals surface area contributed by atoms with Gasteiger partial charge in [0.2, 0.25) is 5.91 Å². The molecule has 1 saturated carbocycles. The summed E-state index contributed by atoms with van der Waals surface area (Å²) in [6, 6.07) is 6.29. The lowest BCUT2D eigenvalue weighted by molar-refractivity contribution is -0.122. The van der Waals surface area contributed by atoms with E-state index in [4.69, 9.17) is 5.11 Å². The van der Waals surface area contributed by atoms with Crippen LogP contribution < -0.4 is 5.32 Å². The highest BCUT2D eigenvalue weighted by atomic mass is 19.1. The van der Waals surface area contributed by atoms with Crippen LogP contribution in [-0.2, 0) is 11.3 Å². The first kappa shape index (κ1) is 14.2. The number of nitrogens with zero attached hydrogens (tertiary/aromatic N) is 3. The van der Waals surface area contributed by atoms with Crippen molar-refractivity contribution in [2.45, 2.75) is 24.9 Å². The van der Waals surface area contributed by atoms with Crippen molar-refractivity contribution in [1.29, 1.82) is 0 Å². The molecule has 1 heterocycles. The van der Waals surface area contributed by atoms with E-state index in [1.165, 1.54) is 23.0 Å². The molecule has 114 valence electrons. The minimum Gasteiger partial charge on any atom is -0.476 e. The number of hydrogen-bond donors (Lipinski definition) is 2. The molecule has 0 saturated heterocycles. The zero-order chi connectivity index (χ0) is 15.7. The number of hydrogen-bond acceptors (Lipinski definition) is 4. The first-order valence-electron chi connectivity index (χ1n) is 6.71. The molecule has 1 aliphatic carbocycles. The zero-order valence-corrected chi connectivity index (χ0v) is 11.4. The Balaban J connectivity index is 1.54. The topological polar surface area (TPSA) is 97.1 Å². The Kier molecular flexibility index (Phi) is 3.58. The van der Waals surface area contributed by atoms with Crippen molar-refractivity contribution in [3.63, 3.8) is 0 Å². The number of nitrogens with one attached hydrogen (secondary N) is 1. The van der Waals surface area contributed by atoms with Crippen LogP contribution in [0.5, 0.6) is 0 Å². The van der Waals surface area contributed by atoms with Crippen LogP contribution in [0.2, 0.25) is 0 Å². The van der Waals surface area contributed by atoms with Crippen LogP contribution in [0.4, 0.5) is 4.39 Å². The van der Waals surface area contributed by atoms with Gasteiger partial charge in [-0.25, -0.2) is 13.9 Å². The van der Waals surface area contributed by atoms with Gasteiger partial charge in [-0.15, -0.1) is 5.10 Å². The Hall–Kier alpha value is -2.77. The fourth-order valence-corrected chi connectivity index (χ4v) is 2.33. The van der Waals surface area contributed by atoms with Gasteiger partial charge in [-0.05, 0) is 24.1 Å². The number of rotatable bonds is 5. The van der Waals surface area contributed by atoms with E-state index >= 15 is 0 Å². The second-order valence-corrected chi connectivity index (χ2v) is 5.18. The normalized spacial score (nSPS) is 19.7. The Morgan fingerprint density at radius 1 is 1.45 bits per heavy atom. The van der Waals surface area contributed by atoms with Gasteiger partial charge in [0.1, 0.15) is 12.4 Å². The molecule has 7 nitrogen and oxygen atoms in total. The second-order valence-electron chi connectivity index (χ2n) is 5.18. The molecule has 1 amide bonds. The quantitative estimate of drug-likeness (QED) is 0.851. The van der Waals surface area contributed by atoms with E-state index in [0.717, 1.165) is 12.0 Å². The number of carbonyl (C=O) groups is 2. The van der Waals surface area contributed by atoms with E-state index < -0.39 is 5.97 Å². The average Bonchev–Trinajstić information content (AvgIpc) is 3.05. The first-order chi connectivity index (χ1) is 10.5. The average molecular weight is 304 g/mol. The van der Waals surface area contributed by atoms with Gasteiger partial charge < -0.3 is 10.4 Å². The summed E-state index contributed by atoms with van der Waals surface area (Å²) in [5.41, 5.74) is 0.649. The lowest BCUT2D eigenvalue weighted by Crippen LogP contribution is -2.30. The van der Waals surface area contributed by atoms with Crippen LogP contribution in [0.1, 0.15) is 28.4 Å². The van der Waals surface area contributed by atoms with Crippen LogP contribution in [0, 0.1) is 5.82 Å². The van der Waals surface area contributed by atoms with Crippen molar-refractivity contribution in [3.8, 4) is 0 Å². The fourth-order valence-electron chi connectivity index (χ4n) is 2.33. The maximum Gasteiger partial charge on any atom is 0.358 e. The molecule has 0 unspecified atom stereocenters. The number of carboxylic acid groups (broad SMARTS) is 1. The van der Waals surface area contributed by atoms with Crippen molar-refractivity contribution in [3.05, 3.63) is 47.5 Å². The van der Waals surface area contributed by atoms with Gasteiger partial charge in [0.15, 0.2) is 5.69 Å². The van der Waals surface area contributed by atoms with Crippen molar-refractivity contribution < 1.29 is 19.1 Å². The summed E-state index contributed by atoms with van der Waals surface area (Å²) in [6.45, 7) is -0.105. The minimum absolute atomic E-state index is 0.0308. The molecule has 8 heteroatoms. The molecular weight excluding hydrogens is 291 g/mol. The number of aromatic carboxylic acids is 1.